The molecular weight excluding hydrogens is 450 g/mol. The maximum atomic E-state index is 12.7. The monoisotopic (exact) mass is 473 g/mol. The number of nitrogen functional groups attached to an aromatic ring is 1. The normalized spacial score (nSPS) is 16.0. The van der Waals surface area contributed by atoms with Gasteiger partial charge in [0.15, 0.2) is 11.6 Å². The van der Waals surface area contributed by atoms with Crippen molar-refractivity contribution in [2.75, 3.05) is 31.2 Å². The summed E-state index contributed by atoms with van der Waals surface area (Å²) in [4.78, 5) is 28.6. The van der Waals surface area contributed by atoms with E-state index in [1.807, 2.05) is 61.6 Å². The summed E-state index contributed by atoms with van der Waals surface area (Å²) in [7, 11) is 2.03. The van der Waals surface area contributed by atoms with E-state index in [4.69, 9.17) is 22.3 Å². The van der Waals surface area contributed by atoms with Gasteiger partial charge in [-0.3, -0.25) is 10.3 Å². The van der Waals surface area contributed by atoms with Crippen molar-refractivity contribution in [2.45, 2.75) is 12.5 Å². The number of nitrogens with zero attached hydrogens (tertiary/aromatic N) is 4. The highest BCUT2D eigenvalue weighted by Crippen LogP contribution is 2.35. The van der Waals surface area contributed by atoms with E-state index >= 15 is 0 Å². The quantitative estimate of drug-likeness (QED) is 0.405. The van der Waals surface area contributed by atoms with Gasteiger partial charge in [0.05, 0.1) is 21.9 Å². The Morgan fingerprint density at radius 2 is 1.88 bits per heavy atom. The van der Waals surface area contributed by atoms with Crippen LogP contribution in [0.4, 0.5) is 16.4 Å². The number of fused-ring (bicyclic) bond motifs is 1. The maximum Gasteiger partial charge on any atom is 0.320 e. The number of rotatable bonds is 4. The van der Waals surface area contributed by atoms with Crippen LogP contribution in [0.2, 0.25) is 5.02 Å². The van der Waals surface area contributed by atoms with Crippen LogP contribution in [0.15, 0.2) is 60.8 Å². The molecule has 0 saturated carbocycles. The van der Waals surface area contributed by atoms with E-state index in [1.165, 1.54) is 0 Å². The van der Waals surface area contributed by atoms with Gasteiger partial charge in [0.25, 0.3) is 0 Å². The topological polar surface area (TPSA) is 109 Å². The second-order valence-electron chi connectivity index (χ2n) is 8.40. The molecule has 1 unspecified atom stereocenters. The minimum absolute atomic E-state index is 0.0778. The number of likely N-dealkylation sites (N-methyl/N-ethyl adjacent to an activating group) is 1. The third kappa shape index (κ3) is 4.50. The van der Waals surface area contributed by atoms with Crippen LogP contribution in [0.3, 0.4) is 0 Å². The molecule has 34 heavy (non-hydrogen) atoms. The molecule has 0 spiro atoms. The summed E-state index contributed by atoms with van der Waals surface area (Å²) in [5.41, 5.74) is 9.71. The van der Waals surface area contributed by atoms with E-state index in [0.717, 1.165) is 36.0 Å². The average molecular weight is 474 g/mol. The lowest BCUT2D eigenvalue weighted by Gasteiger charge is -2.16. The van der Waals surface area contributed by atoms with E-state index in [2.05, 4.69) is 25.5 Å². The predicted molar refractivity (Wildman–Crippen MR) is 136 cm³/mol. The molecule has 5 rings (SSSR count). The number of aromatic nitrogens is 3. The lowest BCUT2D eigenvalue weighted by atomic mass is 10.0. The van der Waals surface area contributed by atoms with Gasteiger partial charge in [-0.1, -0.05) is 48.0 Å². The molecule has 1 aliphatic heterocycles. The summed E-state index contributed by atoms with van der Waals surface area (Å²) in [6.45, 7) is 1.75. The lowest BCUT2D eigenvalue weighted by molar-refractivity contribution is 0.248. The zero-order valence-electron chi connectivity index (χ0n) is 18.6. The van der Waals surface area contributed by atoms with E-state index in [1.54, 1.807) is 6.20 Å². The SMILES string of the molecule is CN1CCC(NC(=O)Nc2nc(-c3cc(Cl)c4ncccc4c3)c(-c3ccccc3)nc2N)C1. The van der Waals surface area contributed by atoms with Crippen LogP contribution >= 0.6 is 11.6 Å². The van der Waals surface area contributed by atoms with Crippen LogP contribution in [0.1, 0.15) is 6.42 Å². The number of hydrogen-bond donors (Lipinski definition) is 3. The number of hydrogen-bond acceptors (Lipinski definition) is 6. The van der Waals surface area contributed by atoms with Crippen LogP contribution in [0, 0.1) is 0 Å². The Morgan fingerprint density at radius 3 is 2.65 bits per heavy atom. The van der Waals surface area contributed by atoms with E-state index < -0.39 is 0 Å². The van der Waals surface area contributed by atoms with Crippen molar-refractivity contribution in [1.82, 2.24) is 25.2 Å². The van der Waals surface area contributed by atoms with E-state index in [-0.39, 0.29) is 23.7 Å². The summed E-state index contributed by atoms with van der Waals surface area (Å²) in [5.74, 6) is 0.329. The van der Waals surface area contributed by atoms with Crippen molar-refractivity contribution in [2.24, 2.45) is 0 Å². The fourth-order valence-electron chi connectivity index (χ4n) is 4.21. The summed E-state index contributed by atoms with van der Waals surface area (Å²) < 4.78 is 0. The van der Waals surface area contributed by atoms with Crippen molar-refractivity contribution in [1.29, 1.82) is 0 Å². The second-order valence-corrected chi connectivity index (χ2v) is 8.81. The first-order valence-electron chi connectivity index (χ1n) is 11.0. The highest BCUT2D eigenvalue weighted by Gasteiger charge is 2.23. The predicted octanol–water partition coefficient (Wildman–Crippen LogP) is 4.42. The number of urea groups is 1. The molecule has 3 heterocycles. The number of nitrogens with one attached hydrogen (secondary N) is 2. The summed E-state index contributed by atoms with van der Waals surface area (Å²) in [6.07, 6.45) is 2.60. The molecule has 1 aliphatic rings. The standard InChI is InChI=1S/C25H24ClN7O/c1-33-11-9-18(14-33)29-25(34)32-24-23(27)30-21(15-6-3-2-4-7-15)22(31-24)17-12-16-8-5-10-28-20(16)19(26)13-17/h2-8,10,12-13,18H,9,11,14H2,1H3,(H2,27,30)(H2,29,31,32,34). The molecule has 172 valence electrons. The maximum absolute atomic E-state index is 12.7. The van der Waals surface area contributed by atoms with Crippen LogP contribution < -0.4 is 16.4 Å². The molecule has 9 heteroatoms. The Labute approximate surface area is 202 Å². The van der Waals surface area contributed by atoms with Crippen LogP contribution in [0.25, 0.3) is 33.4 Å². The first kappa shape index (κ1) is 22.1. The van der Waals surface area contributed by atoms with E-state index in [9.17, 15) is 4.79 Å². The first-order chi connectivity index (χ1) is 16.5. The lowest BCUT2D eigenvalue weighted by Crippen LogP contribution is -2.39. The summed E-state index contributed by atoms with van der Waals surface area (Å²) in [6, 6.07) is 16.9. The Morgan fingerprint density at radius 1 is 1.09 bits per heavy atom. The third-order valence-electron chi connectivity index (χ3n) is 5.86. The van der Waals surface area contributed by atoms with Gasteiger partial charge < -0.3 is 16.0 Å². The van der Waals surface area contributed by atoms with Crippen LogP contribution in [-0.4, -0.2) is 52.1 Å². The summed E-state index contributed by atoms with van der Waals surface area (Å²) in [5, 5.41) is 7.14. The Bertz CT molecular complexity index is 1360. The zero-order chi connectivity index (χ0) is 23.7. The Balaban J connectivity index is 1.57. The van der Waals surface area contributed by atoms with Gasteiger partial charge in [0.1, 0.15) is 0 Å². The number of amides is 2. The molecule has 2 aromatic carbocycles. The molecule has 4 N–H and O–H groups in total. The van der Waals surface area contributed by atoms with Crippen LogP contribution in [0.5, 0.6) is 0 Å². The Kier molecular flexibility index (Phi) is 6.00. The number of pyridine rings is 1. The van der Waals surface area contributed by atoms with Gasteiger partial charge in [-0.25, -0.2) is 14.8 Å². The number of anilines is 2. The number of benzene rings is 2. The third-order valence-corrected chi connectivity index (χ3v) is 6.15. The van der Waals surface area contributed by atoms with Crippen molar-refractivity contribution >= 4 is 40.2 Å². The smallest absolute Gasteiger partial charge is 0.320 e. The minimum Gasteiger partial charge on any atom is -0.381 e. The molecule has 0 radical (unpaired) electrons. The number of halogens is 1. The van der Waals surface area contributed by atoms with Crippen LogP contribution in [-0.2, 0) is 0 Å². The molecule has 0 bridgehead atoms. The van der Waals surface area contributed by atoms with E-state index in [0.29, 0.717) is 21.9 Å². The molecule has 8 nitrogen and oxygen atoms in total. The number of likely N-dealkylation sites (tertiary alicyclic amines) is 1. The van der Waals surface area contributed by atoms with Gasteiger partial charge in [0, 0.05) is 35.3 Å². The fraction of sp³-hybridized carbons (Fsp3) is 0.200. The molecular formula is C25H24ClN7O. The van der Waals surface area contributed by atoms with Gasteiger partial charge in [0.2, 0.25) is 0 Å². The van der Waals surface area contributed by atoms with Crippen molar-refractivity contribution in [3.05, 3.63) is 65.8 Å². The van der Waals surface area contributed by atoms with Crippen molar-refractivity contribution < 1.29 is 4.79 Å². The largest absolute Gasteiger partial charge is 0.381 e. The van der Waals surface area contributed by atoms with Gasteiger partial charge in [-0.2, -0.15) is 0 Å². The Hall–Kier alpha value is -3.75. The first-order valence-corrected chi connectivity index (χ1v) is 11.4. The van der Waals surface area contributed by atoms with Crippen molar-refractivity contribution in [3.8, 4) is 22.5 Å². The fourth-order valence-corrected chi connectivity index (χ4v) is 4.48. The number of carbonyl (C=O) groups excluding carboxylic acids is 1. The second kappa shape index (κ2) is 9.24. The minimum atomic E-state index is -0.361. The molecule has 1 fully saturated rings. The average Bonchev–Trinajstić information content (AvgIpc) is 3.25. The highest BCUT2D eigenvalue weighted by atomic mass is 35.5. The number of nitrogens with two attached hydrogens (primary N) is 1. The van der Waals surface area contributed by atoms with Crippen molar-refractivity contribution in [3.63, 3.8) is 0 Å². The summed E-state index contributed by atoms with van der Waals surface area (Å²) >= 11 is 6.55. The molecule has 0 aliphatic carbocycles. The highest BCUT2D eigenvalue weighted by molar-refractivity contribution is 6.35. The zero-order valence-corrected chi connectivity index (χ0v) is 19.4. The molecule has 4 aromatic rings. The molecule has 1 saturated heterocycles. The molecule has 2 amide bonds. The van der Waals surface area contributed by atoms with Gasteiger partial charge in [-0.05, 0) is 38.2 Å². The van der Waals surface area contributed by atoms with Gasteiger partial charge in [-0.15, -0.1) is 0 Å². The molecule has 2 aromatic heterocycles. The van der Waals surface area contributed by atoms with Gasteiger partial charge >= 0.3 is 6.03 Å². The number of carbonyl (C=O) groups is 1. The molecule has 1 atom stereocenters.